The number of nitrogens with zero attached hydrogens (tertiary/aromatic N) is 1. The maximum atomic E-state index is 12.7. The highest BCUT2D eigenvalue weighted by Crippen LogP contribution is 2.14. The highest BCUT2D eigenvalue weighted by molar-refractivity contribution is 5.23. The van der Waals surface area contributed by atoms with E-state index < -0.39 is 11.6 Å². The lowest BCUT2D eigenvalue weighted by atomic mass is 10.3. The molecule has 1 aromatic rings. The molecule has 4 heteroatoms. The summed E-state index contributed by atoms with van der Waals surface area (Å²) in [5.74, 6) is -1.01. The molecular formula is C10H13F2NO. The quantitative estimate of drug-likeness (QED) is 0.737. The SMILES string of the molecule is CN(C)CCOc1cc(F)cc(F)c1. The van der Waals surface area contributed by atoms with Crippen LogP contribution in [0.25, 0.3) is 0 Å². The highest BCUT2D eigenvalue weighted by Gasteiger charge is 2.01. The van der Waals surface area contributed by atoms with E-state index in [4.69, 9.17) is 4.74 Å². The Morgan fingerprint density at radius 2 is 1.71 bits per heavy atom. The van der Waals surface area contributed by atoms with Crippen molar-refractivity contribution in [2.75, 3.05) is 27.2 Å². The number of ether oxygens (including phenoxy) is 1. The van der Waals surface area contributed by atoms with Crippen LogP contribution in [0.2, 0.25) is 0 Å². The Kier molecular flexibility index (Phi) is 3.83. The molecule has 0 N–H and O–H groups in total. The van der Waals surface area contributed by atoms with Crippen LogP contribution >= 0.6 is 0 Å². The number of benzene rings is 1. The minimum absolute atomic E-state index is 0.226. The van der Waals surface area contributed by atoms with E-state index in [1.54, 1.807) is 0 Å². The Morgan fingerprint density at radius 3 is 2.21 bits per heavy atom. The Hall–Kier alpha value is -1.16. The molecule has 2 nitrogen and oxygen atoms in total. The van der Waals surface area contributed by atoms with Crippen LogP contribution in [0.5, 0.6) is 5.75 Å². The third kappa shape index (κ3) is 3.70. The van der Waals surface area contributed by atoms with Crippen LogP contribution in [0.1, 0.15) is 0 Å². The average molecular weight is 201 g/mol. The lowest BCUT2D eigenvalue weighted by molar-refractivity contribution is 0.259. The molecule has 1 aromatic carbocycles. The van der Waals surface area contributed by atoms with Gasteiger partial charge in [-0.3, -0.25) is 0 Å². The van der Waals surface area contributed by atoms with Gasteiger partial charge in [-0.2, -0.15) is 0 Å². The maximum absolute atomic E-state index is 12.7. The second-order valence-corrected chi connectivity index (χ2v) is 3.26. The van der Waals surface area contributed by atoms with Crippen molar-refractivity contribution in [2.45, 2.75) is 0 Å². The summed E-state index contributed by atoms with van der Waals surface area (Å²) in [6.07, 6.45) is 0. The molecule has 0 aromatic heterocycles. The molecule has 0 fully saturated rings. The second kappa shape index (κ2) is 4.91. The fourth-order valence-electron chi connectivity index (χ4n) is 0.958. The van der Waals surface area contributed by atoms with E-state index in [-0.39, 0.29) is 5.75 Å². The third-order valence-corrected chi connectivity index (χ3v) is 1.64. The number of likely N-dealkylation sites (N-methyl/N-ethyl adjacent to an activating group) is 1. The smallest absolute Gasteiger partial charge is 0.129 e. The van der Waals surface area contributed by atoms with Gasteiger partial charge >= 0.3 is 0 Å². The van der Waals surface area contributed by atoms with Gasteiger partial charge in [0, 0.05) is 24.7 Å². The van der Waals surface area contributed by atoms with Crippen LogP contribution in [0.15, 0.2) is 18.2 Å². The zero-order chi connectivity index (χ0) is 10.6. The first kappa shape index (κ1) is 10.9. The number of hydrogen-bond donors (Lipinski definition) is 0. The molecule has 0 saturated heterocycles. The Bertz CT molecular complexity index is 282. The Labute approximate surface area is 82.1 Å². The molecule has 14 heavy (non-hydrogen) atoms. The van der Waals surface area contributed by atoms with E-state index in [2.05, 4.69) is 0 Å². The number of halogens is 2. The zero-order valence-electron chi connectivity index (χ0n) is 8.26. The number of rotatable bonds is 4. The van der Waals surface area contributed by atoms with E-state index >= 15 is 0 Å². The van der Waals surface area contributed by atoms with Crippen molar-refractivity contribution in [1.82, 2.24) is 4.90 Å². The summed E-state index contributed by atoms with van der Waals surface area (Å²) in [5.41, 5.74) is 0. The van der Waals surface area contributed by atoms with E-state index in [0.29, 0.717) is 13.2 Å². The molecule has 0 aliphatic heterocycles. The minimum Gasteiger partial charge on any atom is -0.492 e. The molecule has 0 heterocycles. The van der Waals surface area contributed by atoms with Gasteiger partial charge in [0.25, 0.3) is 0 Å². The average Bonchev–Trinajstić information content (AvgIpc) is 2.01. The highest BCUT2D eigenvalue weighted by atomic mass is 19.1. The molecule has 0 unspecified atom stereocenters. The summed E-state index contributed by atoms with van der Waals surface area (Å²) in [6, 6.07) is 3.15. The van der Waals surface area contributed by atoms with Crippen LogP contribution < -0.4 is 4.74 Å². The van der Waals surface area contributed by atoms with Crippen LogP contribution in [0, 0.1) is 11.6 Å². The Morgan fingerprint density at radius 1 is 1.14 bits per heavy atom. The van der Waals surface area contributed by atoms with Crippen molar-refractivity contribution in [3.63, 3.8) is 0 Å². The first-order valence-corrected chi connectivity index (χ1v) is 4.31. The second-order valence-electron chi connectivity index (χ2n) is 3.26. The van der Waals surface area contributed by atoms with Gasteiger partial charge in [0.15, 0.2) is 0 Å². The normalized spacial score (nSPS) is 10.6. The topological polar surface area (TPSA) is 12.5 Å². The third-order valence-electron chi connectivity index (χ3n) is 1.64. The first-order valence-electron chi connectivity index (χ1n) is 4.31. The largest absolute Gasteiger partial charge is 0.492 e. The molecular weight excluding hydrogens is 188 g/mol. The van der Waals surface area contributed by atoms with E-state index in [0.717, 1.165) is 6.07 Å². The summed E-state index contributed by atoms with van der Waals surface area (Å²) >= 11 is 0. The molecule has 0 atom stereocenters. The maximum Gasteiger partial charge on any atom is 0.129 e. The summed E-state index contributed by atoms with van der Waals surface area (Å²) in [6.45, 7) is 1.12. The molecule has 1 rings (SSSR count). The lowest BCUT2D eigenvalue weighted by Gasteiger charge is -2.10. The van der Waals surface area contributed by atoms with Crippen molar-refractivity contribution >= 4 is 0 Å². The van der Waals surface area contributed by atoms with Crippen LogP contribution in [0.3, 0.4) is 0 Å². The van der Waals surface area contributed by atoms with Crippen LogP contribution in [0.4, 0.5) is 8.78 Å². The first-order chi connectivity index (χ1) is 6.58. The van der Waals surface area contributed by atoms with Crippen molar-refractivity contribution in [3.05, 3.63) is 29.8 Å². The Balaban J connectivity index is 2.50. The molecule has 0 aliphatic carbocycles. The molecule has 0 bridgehead atoms. The predicted molar refractivity (Wildman–Crippen MR) is 50.4 cm³/mol. The summed E-state index contributed by atoms with van der Waals surface area (Å²) in [7, 11) is 3.80. The summed E-state index contributed by atoms with van der Waals surface area (Å²) < 4.78 is 30.5. The fraction of sp³-hybridized carbons (Fsp3) is 0.400. The van der Waals surface area contributed by atoms with Crippen molar-refractivity contribution in [3.8, 4) is 5.75 Å². The van der Waals surface area contributed by atoms with Gasteiger partial charge in [-0.25, -0.2) is 8.78 Å². The van der Waals surface area contributed by atoms with Crippen LogP contribution in [-0.4, -0.2) is 32.1 Å². The van der Waals surface area contributed by atoms with Crippen LogP contribution in [-0.2, 0) is 0 Å². The van der Waals surface area contributed by atoms with Gasteiger partial charge in [-0.1, -0.05) is 0 Å². The van der Waals surface area contributed by atoms with Gasteiger partial charge in [-0.15, -0.1) is 0 Å². The van der Waals surface area contributed by atoms with Gasteiger partial charge < -0.3 is 9.64 Å². The summed E-state index contributed by atoms with van der Waals surface area (Å²) in [5, 5.41) is 0. The standard InChI is InChI=1S/C10H13F2NO/c1-13(2)3-4-14-10-6-8(11)5-9(12)7-10/h5-7H,3-4H2,1-2H3. The molecule has 0 saturated carbocycles. The van der Waals surface area contributed by atoms with E-state index in [9.17, 15) is 8.78 Å². The van der Waals surface area contributed by atoms with E-state index in [1.807, 2.05) is 19.0 Å². The molecule has 0 radical (unpaired) electrons. The van der Waals surface area contributed by atoms with Crippen molar-refractivity contribution in [1.29, 1.82) is 0 Å². The minimum atomic E-state index is -0.621. The summed E-state index contributed by atoms with van der Waals surface area (Å²) in [4.78, 5) is 1.93. The van der Waals surface area contributed by atoms with Gasteiger partial charge in [-0.05, 0) is 14.1 Å². The van der Waals surface area contributed by atoms with Gasteiger partial charge in [0.05, 0.1) is 0 Å². The predicted octanol–water partition coefficient (Wildman–Crippen LogP) is 1.91. The lowest BCUT2D eigenvalue weighted by Crippen LogP contribution is -2.19. The van der Waals surface area contributed by atoms with Gasteiger partial charge in [0.2, 0.25) is 0 Å². The fourth-order valence-corrected chi connectivity index (χ4v) is 0.958. The monoisotopic (exact) mass is 201 g/mol. The zero-order valence-corrected chi connectivity index (χ0v) is 8.26. The molecule has 0 spiro atoms. The van der Waals surface area contributed by atoms with Crippen molar-refractivity contribution in [2.24, 2.45) is 0 Å². The van der Waals surface area contributed by atoms with Gasteiger partial charge in [0.1, 0.15) is 24.0 Å². The number of hydrogen-bond acceptors (Lipinski definition) is 2. The molecule has 0 amide bonds. The van der Waals surface area contributed by atoms with E-state index in [1.165, 1.54) is 12.1 Å². The molecule has 78 valence electrons. The molecule has 0 aliphatic rings. The van der Waals surface area contributed by atoms with Crippen molar-refractivity contribution < 1.29 is 13.5 Å².